The molecule has 27 heavy (non-hydrogen) atoms. The molecule has 0 amide bonds. The van der Waals surface area contributed by atoms with Gasteiger partial charge < -0.3 is 30.0 Å². The van der Waals surface area contributed by atoms with Gasteiger partial charge in [0.15, 0.2) is 0 Å². The van der Waals surface area contributed by atoms with E-state index in [0.29, 0.717) is 13.2 Å². The van der Waals surface area contributed by atoms with Gasteiger partial charge in [-0.1, -0.05) is 40.5 Å². The number of carbonyl (C=O) groups is 4. The van der Waals surface area contributed by atoms with Crippen LogP contribution in [0.1, 0.15) is 67.2 Å². The van der Waals surface area contributed by atoms with Gasteiger partial charge >= 0.3 is 21.7 Å². The van der Waals surface area contributed by atoms with Gasteiger partial charge in [0.2, 0.25) is 0 Å². The van der Waals surface area contributed by atoms with Gasteiger partial charge in [-0.2, -0.15) is 0 Å². The molecule has 0 bridgehead atoms. The number of unbranched alkanes of at least 4 members (excludes halogenated alkanes) is 2. The largest absolute Gasteiger partial charge is 2.00 e. The van der Waals surface area contributed by atoms with Crippen molar-refractivity contribution in [1.82, 2.24) is 0 Å². The molecule has 0 saturated carbocycles. The second-order valence-corrected chi connectivity index (χ2v) is 5.46. The normalized spacial score (nSPS) is 10.7. The molecule has 0 heterocycles. The number of aliphatic hydroxyl groups is 2. The molecule has 0 saturated heterocycles. The first-order chi connectivity index (χ1) is 11.9. The van der Waals surface area contributed by atoms with Crippen LogP contribution in [-0.2, 0) is 40.9 Å². The number of ketones is 2. The third-order valence-electron chi connectivity index (χ3n) is 2.95. The van der Waals surface area contributed by atoms with E-state index in [0.717, 1.165) is 25.7 Å². The van der Waals surface area contributed by atoms with Crippen molar-refractivity contribution in [3.63, 3.8) is 0 Å². The van der Waals surface area contributed by atoms with Crippen molar-refractivity contribution in [2.75, 3.05) is 13.2 Å². The molecule has 0 aromatic rings. The summed E-state index contributed by atoms with van der Waals surface area (Å²) in [5, 5.41) is 35.8. The van der Waals surface area contributed by atoms with Crippen molar-refractivity contribution in [2.45, 2.75) is 67.2 Å². The Kier molecular flexibility index (Phi) is 37.0. The number of rotatable bonds is 8. The smallest absolute Gasteiger partial charge is 0.549 e. The van der Waals surface area contributed by atoms with Crippen LogP contribution in [0.5, 0.6) is 0 Å². The number of aliphatic hydroxyl groups excluding tert-OH is 2. The van der Waals surface area contributed by atoms with Crippen molar-refractivity contribution in [3.8, 4) is 0 Å². The molecule has 0 aromatic heterocycles. The Hall–Kier alpha value is -1.09. The standard InChI is InChI=1S/2C5H8O3.2C4H10O.Ti/c2*1-3(4(2)6)5(7)8;2*1-2-3-4-5;/h2*3H,1-2H3,(H,7,8);2*5H,2-4H2,1H3;/q;;;;+2/p-2. The molecule has 2 atom stereocenters. The van der Waals surface area contributed by atoms with E-state index in [-0.39, 0.29) is 33.3 Å². The first kappa shape index (κ1) is 36.8. The van der Waals surface area contributed by atoms with E-state index in [1.54, 1.807) is 0 Å². The third kappa shape index (κ3) is 36.6. The van der Waals surface area contributed by atoms with Gasteiger partial charge in [0.1, 0.15) is 11.6 Å². The van der Waals surface area contributed by atoms with Gasteiger partial charge in [-0.05, 0) is 26.7 Å². The molecule has 0 fully saturated rings. The fourth-order valence-corrected chi connectivity index (χ4v) is 0.648. The van der Waals surface area contributed by atoms with E-state index in [2.05, 4.69) is 13.8 Å². The summed E-state index contributed by atoms with van der Waals surface area (Å²) in [7, 11) is 0. The van der Waals surface area contributed by atoms with E-state index in [9.17, 15) is 29.4 Å². The van der Waals surface area contributed by atoms with Gasteiger partial charge in [-0.25, -0.2) is 0 Å². The summed E-state index contributed by atoms with van der Waals surface area (Å²) in [6.07, 6.45) is 4.08. The maximum atomic E-state index is 10.2. The van der Waals surface area contributed by atoms with Crippen molar-refractivity contribution in [1.29, 1.82) is 0 Å². The number of carboxylic acids is 2. The van der Waals surface area contributed by atoms with Crippen LogP contribution in [0.4, 0.5) is 0 Å². The van der Waals surface area contributed by atoms with Crippen LogP contribution in [0.3, 0.4) is 0 Å². The molecule has 2 N–H and O–H groups in total. The van der Waals surface area contributed by atoms with Gasteiger partial charge in [-0.3, -0.25) is 9.59 Å². The summed E-state index contributed by atoms with van der Waals surface area (Å²) in [6.45, 7) is 9.84. The molecule has 0 aliphatic rings. The van der Waals surface area contributed by atoms with Crippen molar-refractivity contribution in [2.24, 2.45) is 11.8 Å². The second-order valence-electron chi connectivity index (χ2n) is 5.46. The predicted octanol–water partition coefficient (Wildman–Crippen LogP) is -0.522. The molecule has 0 aliphatic heterocycles. The molecule has 8 nitrogen and oxygen atoms in total. The Morgan fingerprint density at radius 3 is 0.963 bits per heavy atom. The number of hydrogen-bond donors (Lipinski definition) is 2. The Labute approximate surface area is 177 Å². The molecular weight excluding hydrogens is 392 g/mol. The zero-order valence-electron chi connectivity index (χ0n) is 17.2. The van der Waals surface area contributed by atoms with Crippen LogP contribution >= 0.6 is 0 Å². The fraction of sp³-hybridized carbons (Fsp3) is 0.778. The number of hydrogen-bond acceptors (Lipinski definition) is 8. The topological polar surface area (TPSA) is 155 Å². The minimum absolute atomic E-state index is 0. The number of Topliss-reactive ketones (excluding diaryl/α,β-unsaturated/α-hetero) is 2. The zero-order valence-corrected chi connectivity index (χ0v) is 18.8. The quantitative estimate of drug-likeness (QED) is 0.388. The summed E-state index contributed by atoms with van der Waals surface area (Å²) in [5.74, 6) is -5.28. The molecule has 0 radical (unpaired) electrons. The molecule has 0 aliphatic carbocycles. The predicted molar refractivity (Wildman–Crippen MR) is 93.7 cm³/mol. The van der Waals surface area contributed by atoms with Crippen LogP contribution in [0.15, 0.2) is 0 Å². The van der Waals surface area contributed by atoms with Crippen LogP contribution in [0.25, 0.3) is 0 Å². The monoisotopic (exact) mass is 426 g/mol. The summed E-state index contributed by atoms with van der Waals surface area (Å²) in [5.41, 5.74) is 0. The van der Waals surface area contributed by atoms with E-state index in [1.165, 1.54) is 27.7 Å². The van der Waals surface area contributed by atoms with Crippen molar-refractivity contribution in [3.05, 3.63) is 0 Å². The Morgan fingerprint density at radius 1 is 0.741 bits per heavy atom. The average Bonchev–Trinajstić information content (AvgIpc) is 2.56. The first-order valence-corrected chi connectivity index (χ1v) is 8.58. The average molecular weight is 426 g/mol. The van der Waals surface area contributed by atoms with Crippen molar-refractivity contribution >= 4 is 23.5 Å². The maximum Gasteiger partial charge on any atom is 2.00 e. The summed E-state index contributed by atoms with van der Waals surface area (Å²) < 4.78 is 0. The van der Waals surface area contributed by atoms with Crippen LogP contribution < -0.4 is 10.2 Å². The Bertz CT molecular complexity index is 318. The van der Waals surface area contributed by atoms with Gasteiger partial charge in [0.05, 0.1) is 23.8 Å². The molecule has 0 rings (SSSR count). The van der Waals surface area contributed by atoms with Crippen LogP contribution in [0.2, 0.25) is 0 Å². The minimum Gasteiger partial charge on any atom is -0.549 e. The molecule has 0 aromatic carbocycles. The third-order valence-corrected chi connectivity index (χ3v) is 2.95. The zero-order chi connectivity index (χ0) is 21.7. The van der Waals surface area contributed by atoms with Crippen LogP contribution in [0, 0.1) is 11.8 Å². The van der Waals surface area contributed by atoms with E-state index in [1.807, 2.05) is 0 Å². The van der Waals surface area contributed by atoms with Gasteiger partial charge in [0, 0.05) is 13.2 Å². The Balaban J connectivity index is -0.0000000807. The summed E-state index contributed by atoms with van der Waals surface area (Å²) in [4.78, 5) is 39.9. The number of carbonyl (C=O) groups excluding carboxylic acids is 4. The van der Waals surface area contributed by atoms with E-state index < -0.39 is 23.8 Å². The summed E-state index contributed by atoms with van der Waals surface area (Å²) in [6, 6.07) is 0. The first-order valence-electron chi connectivity index (χ1n) is 8.58. The minimum atomic E-state index is -1.31. The molecule has 0 spiro atoms. The number of aliphatic carboxylic acids is 2. The van der Waals surface area contributed by atoms with Crippen LogP contribution in [-0.4, -0.2) is 46.9 Å². The van der Waals surface area contributed by atoms with Gasteiger partial charge in [-0.15, -0.1) is 0 Å². The molecule has 2 unspecified atom stereocenters. The molecular formula is C18H34O8Ti. The SMILES string of the molecule is CC(=O)C(C)C(=O)[O-].CC(=O)C(C)C(=O)[O-].CCCCO.CCCCO.[Ti+2]. The fourth-order valence-electron chi connectivity index (χ4n) is 0.648. The number of carboxylic acid groups (broad SMARTS) is 2. The van der Waals surface area contributed by atoms with Crippen molar-refractivity contribution < 1.29 is 61.3 Å². The molecule has 158 valence electrons. The molecule has 9 heteroatoms. The second kappa shape index (κ2) is 27.1. The van der Waals surface area contributed by atoms with E-state index in [4.69, 9.17) is 10.2 Å². The van der Waals surface area contributed by atoms with Gasteiger partial charge in [0.25, 0.3) is 0 Å². The summed E-state index contributed by atoms with van der Waals surface area (Å²) >= 11 is 0. The maximum absolute atomic E-state index is 10.2. The van der Waals surface area contributed by atoms with E-state index >= 15 is 0 Å². The Morgan fingerprint density at radius 2 is 0.963 bits per heavy atom.